The quantitative estimate of drug-likeness (QED) is 0.765. The van der Waals surface area contributed by atoms with Crippen LogP contribution in [-0.4, -0.2) is 16.0 Å². The normalized spacial score (nSPS) is 10.5. The van der Waals surface area contributed by atoms with E-state index in [1.807, 2.05) is 30.3 Å². The summed E-state index contributed by atoms with van der Waals surface area (Å²) in [5.74, 6) is 0.0363. The first kappa shape index (κ1) is 15.5. The number of halogens is 1. The number of hydrogen-bond donors (Lipinski definition) is 1. The van der Waals surface area contributed by atoms with Crippen LogP contribution in [0.5, 0.6) is 5.75 Å². The van der Waals surface area contributed by atoms with Crippen LogP contribution in [0, 0.1) is 0 Å². The van der Waals surface area contributed by atoms with Gasteiger partial charge in [-0.2, -0.15) is 0 Å². The minimum Gasteiger partial charge on any atom is -0.508 e. The number of carbonyl (C=O) groups excluding carboxylic acids is 1. The van der Waals surface area contributed by atoms with E-state index in [0.29, 0.717) is 15.9 Å². The fourth-order valence-corrected chi connectivity index (χ4v) is 3.04. The third-order valence-electron chi connectivity index (χ3n) is 3.28. The molecule has 6 heteroatoms. The Balaban J connectivity index is 1.93. The number of carbonyl (C=O) groups is 1. The van der Waals surface area contributed by atoms with E-state index in [-0.39, 0.29) is 11.7 Å². The number of amides is 1. The van der Waals surface area contributed by atoms with Gasteiger partial charge in [-0.3, -0.25) is 4.79 Å². The second kappa shape index (κ2) is 6.81. The fraction of sp³-hybridized carbons (Fsp3) is 0.0588. The number of phenolic OH excluding ortho intramolecular Hbond substituents is 1. The molecule has 0 aliphatic heterocycles. The van der Waals surface area contributed by atoms with Crippen LogP contribution in [0.15, 0.2) is 60.8 Å². The number of hydrogen-bond acceptors (Lipinski definition) is 4. The number of aromatic nitrogens is 1. The van der Waals surface area contributed by atoms with Crippen LogP contribution in [0.3, 0.4) is 0 Å². The van der Waals surface area contributed by atoms with E-state index in [2.05, 4.69) is 4.98 Å². The molecule has 3 aromatic rings. The number of rotatable bonds is 4. The molecule has 23 heavy (non-hydrogen) atoms. The summed E-state index contributed by atoms with van der Waals surface area (Å²) in [5, 5.41) is 9.40. The topological polar surface area (TPSA) is 53.4 Å². The van der Waals surface area contributed by atoms with Gasteiger partial charge in [0.25, 0.3) is 5.91 Å². The summed E-state index contributed by atoms with van der Waals surface area (Å²) in [7, 11) is 0. The van der Waals surface area contributed by atoms with E-state index in [4.69, 9.17) is 11.6 Å². The van der Waals surface area contributed by atoms with Gasteiger partial charge >= 0.3 is 0 Å². The average molecular weight is 345 g/mol. The summed E-state index contributed by atoms with van der Waals surface area (Å²) in [6.07, 6.45) is 1.49. The monoisotopic (exact) mass is 344 g/mol. The van der Waals surface area contributed by atoms with Crippen molar-refractivity contribution in [2.75, 3.05) is 4.90 Å². The van der Waals surface area contributed by atoms with Crippen LogP contribution in [0.25, 0.3) is 0 Å². The van der Waals surface area contributed by atoms with Gasteiger partial charge in [0.1, 0.15) is 10.6 Å². The largest absolute Gasteiger partial charge is 0.508 e. The number of benzene rings is 2. The Morgan fingerprint density at radius 3 is 2.43 bits per heavy atom. The van der Waals surface area contributed by atoms with Gasteiger partial charge in [-0.1, -0.05) is 53.3 Å². The van der Waals surface area contributed by atoms with E-state index in [1.165, 1.54) is 6.20 Å². The zero-order chi connectivity index (χ0) is 16.2. The SMILES string of the molecule is O=C(c1cnc(Cl)s1)N(Cc1ccc(O)cc1)c1ccccc1. The Labute approximate surface area is 142 Å². The smallest absolute Gasteiger partial charge is 0.270 e. The maximum Gasteiger partial charge on any atom is 0.270 e. The third-order valence-corrected chi connectivity index (χ3v) is 4.38. The summed E-state index contributed by atoms with van der Waals surface area (Å²) in [5.41, 5.74) is 1.70. The zero-order valence-corrected chi connectivity index (χ0v) is 13.6. The lowest BCUT2D eigenvalue weighted by Crippen LogP contribution is -2.29. The first-order chi connectivity index (χ1) is 11.1. The summed E-state index contributed by atoms with van der Waals surface area (Å²) < 4.78 is 0.339. The molecule has 1 amide bonds. The highest BCUT2D eigenvalue weighted by Crippen LogP contribution is 2.25. The number of para-hydroxylation sites is 1. The van der Waals surface area contributed by atoms with Gasteiger partial charge in [0, 0.05) is 5.69 Å². The minimum atomic E-state index is -0.159. The van der Waals surface area contributed by atoms with Crippen LogP contribution in [0.4, 0.5) is 5.69 Å². The predicted octanol–water partition coefficient (Wildman–Crippen LogP) is 4.35. The van der Waals surface area contributed by atoms with Crippen molar-refractivity contribution in [2.45, 2.75) is 6.54 Å². The summed E-state index contributed by atoms with van der Waals surface area (Å²) in [6.45, 7) is 0.388. The predicted molar refractivity (Wildman–Crippen MR) is 92.2 cm³/mol. The van der Waals surface area contributed by atoms with Crippen molar-refractivity contribution in [1.29, 1.82) is 0 Å². The van der Waals surface area contributed by atoms with Crippen molar-refractivity contribution < 1.29 is 9.90 Å². The van der Waals surface area contributed by atoms with Crippen LogP contribution in [0.2, 0.25) is 4.47 Å². The van der Waals surface area contributed by atoms with Gasteiger partial charge in [-0.25, -0.2) is 4.98 Å². The maximum atomic E-state index is 12.8. The Kier molecular flexibility index (Phi) is 4.60. The molecule has 0 spiro atoms. The van der Waals surface area contributed by atoms with Gasteiger partial charge in [0.15, 0.2) is 4.47 Å². The molecule has 1 aromatic heterocycles. The molecular formula is C17H13ClN2O2S. The molecule has 0 radical (unpaired) electrons. The van der Waals surface area contributed by atoms with Crippen molar-refractivity contribution in [2.24, 2.45) is 0 Å². The highest BCUT2D eigenvalue weighted by atomic mass is 35.5. The van der Waals surface area contributed by atoms with Gasteiger partial charge in [-0.15, -0.1) is 0 Å². The Hall–Kier alpha value is -2.37. The molecule has 3 rings (SSSR count). The molecule has 4 nitrogen and oxygen atoms in total. The van der Waals surface area contributed by atoms with Crippen LogP contribution >= 0.6 is 22.9 Å². The average Bonchev–Trinajstić information content (AvgIpc) is 3.01. The van der Waals surface area contributed by atoms with Crippen molar-refractivity contribution >= 4 is 34.5 Å². The number of nitrogens with zero attached hydrogens (tertiary/aromatic N) is 2. The van der Waals surface area contributed by atoms with Gasteiger partial charge < -0.3 is 10.0 Å². The molecule has 2 aromatic carbocycles. The second-order valence-corrected chi connectivity index (χ2v) is 6.48. The van der Waals surface area contributed by atoms with E-state index in [9.17, 15) is 9.90 Å². The lowest BCUT2D eigenvalue weighted by molar-refractivity contribution is 0.0989. The van der Waals surface area contributed by atoms with E-state index < -0.39 is 0 Å². The summed E-state index contributed by atoms with van der Waals surface area (Å²) >= 11 is 7.00. The third kappa shape index (κ3) is 3.70. The van der Waals surface area contributed by atoms with Gasteiger partial charge in [0.05, 0.1) is 12.7 Å². The Morgan fingerprint density at radius 1 is 1.13 bits per heavy atom. The lowest BCUT2D eigenvalue weighted by atomic mass is 10.2. The lowest BCUT2D eigenvalue weighted by Gasteiger charge is -2.22. The highest BCUT2D eigenvalue weighted by molar-refractivity contribution is 7.17. The minimum absolute atomic E-state index is 0.159. The number of thiazole rings is 1. The second-order valence-electron chi connectivity index (χ2n) is 4.87. The fourth-order valence-electron chi connectivity index (χ4n) is 2.16. The number of anilines is 1. The Morgan fingerprint density at radius 2 is 1.83 bits per heavy atom. The van der Waals surface area contributed by atoms with Crippen LogP contribution in [0.1, 0.15) is 15.2 Å². The number of aromatic hydroxyl groups is 1. The molecule has 0 saturated heterocycles. The van der Waals surface area contributed by atoms with Crippen LogP contribution < -0.4 is 4.90 Å². The molecule has 0 unspecified atom stereocenters. The highest BCUT2D eigenvalue weighted by Gasteiger charge is 2.20. The summed E-state index contributed by atoms with van der Waals surface area (Å²) in [6, 6.07) is 16.2. The summed E-state index contributed by atoms with van der Waals surface area (Å²) in [4.78, 5) is 18.9. The van der Waals surface area contributed by atoms with Gasteiger partial charge in [-0.05, 0) is 29.8 Å². The molecule has 0 atom stereocenters. The van der Waals surface area contributed by atoms with Gasteiger partial charge in [0.2, 0.25) is 0 Å². The molecule has 0 aliphatic rings. The first-order valence-electron chi connectivity index (χ1n) is 6.89. The van der Waals surface area contributed by atoms with Crippen molar-refractivity contribution in [3.8, 4) is 5.75 Å². The molecule has 0 fully saturated rings. The Bertz CT molecular complexity index is 803. The van der Waals surface area contributed by atoms with Crippen molar-refractivity contribution in [3.63, 3.8) is 0 Å². The van der Waals surface area contributed by atoms with E-state index in [1.54, 1.807) is 29.2 Å². The molecule has 1 heterocycles. The van der Waals surface area contributed by atoms with E-state index in [0.717, 1.165) is 22.6 Å². The molecule has 0 saturated carbocycles. The van der Waals surface area contributed by atoms with Crippen molar-refractivity contribution in [3.05, 3.63) is 75.7 Å². The van der Waals surface area contributed by atoms with E-state index >= 15 is 0 Å². The first-order valence-corrected chi connectivity index (χ1v) is 8.09. The standard InChI is InChI=1S/C17H13ClN2O2S/c18-17-19-10-15(23-17)16(22)20(13-4-2-1-3-5-13)11-12-6-8-14(21)9-7-12/h1-10,21H,11H2. The van der Waals surface area contributed by atoms with Crippen molar-refractivity contribution in [1.82, 2.24) is 4.98 Å². The molecule has 116 valence electrons. The molecular weight excluding hydrogens is 332 g/mol. The van der Waals surface area contributed by atoms with Crippen LogP contribution in [-0.2, 0) is 6.54 Å². The molecule has 1 N–H and O–H groups in total. The molecule has 0 bridgehead atoms. The maximum absolute atomic E-state index is 12.8. The molecule has 0 aliphatic carbocycles. The number of phenols is 1. The zero-order valence-electron chi connectivity index (χ0n) is 12.0.